The van der Waals surface area contributed by atoms with Crippen LogP contribution in [-0.2, 0) is 0 Å². The van der Waals surface area contributed by atoms with E-state index in [4.69, 9.17) is 23.2 Å². The molecule has 0 bridgehead atoms. The zero-order valence-electron chi connectivity index (χ0n) is 13.0. The van der Waals surface area contributed by atoms with Gasteiger partial charge in [0.05, 0.1) is 16.1 Å². The molecule has 2 aromatic heterocycles. The molecule has 4 aromatic rings. The van der Waals surface area contributed by atoms with Gasteiger partial charge in [-0.1, -0.05) is 58.7 Å². The van der Waals surface area contributed by atoms with Gasteiger partial charge in [-0.3, -0.25) is 10.1 Å². The van der Waals surface area contributed by atoms with Crippen molar-refractivity contribution in [3.8, 4) is 11.5 Å². The van der Waals surface area contributed by atoms with Gasteiger partial charge in [-0.05, 0) is 24.3 Å². The molecule has 0 aliphatic rings. The lowest BCUT2D eigenvalue weighted by Gasteiger charge is -2.06. The van der Waals surface area contributed by atoms with Crippen molar-refractivity contribution in [2.24, 2.45) is 0 Å². The van der Waals surface area contributed by atoms with Crippen LogP contribution < -0.4 is 0 Å². The molecule has 0 fully saturated rings. The Hall–Kier alpha value is -2.97. The quantitative estimate of drug-likeness (QED) is 0.299. The summed E-state index contributed by atoms with van der Waals surface area (Å²) in [6.45, 7) is 0. The van der Waals surface area contributed by atoms with Crippen LogP contribution in [0.1, 0.15) is 10.5 Å². The van der Waals surface area contributed by atoms with Crippen molar-refractivity contribution >= 4 is 39.9 Å². The van der Waals surface area contributed by atoms with E-state index in [9.17, 15) is 10.1 Å². The lowest BCUT2D eigenvalue weighted by atomic mass is 10.3. The van der Waals surface area contributed by atoms with E-state index < -0.39 is 9.76 Å². The molecule has 0 aliphatic heterocycles. The van der Waals surface area contributed by atoms with E-state index in [1.807, 2.05) is 6.07 Å². The highest BCUT2D eigenvalue weighted by Gasteiger charge is 2.34. The van der Waals surface area contributed by atoms with Crippen molar-refractivity contribution in [1.82, 2.24) is 24.8 Å². The molecule has 0 amide bonds. The van der Waals surface area contributed by atoms with Crippen LogP contribution in [-0.4, -0.2) is 29.7 Å². The Kier molecular flexibility index (Phi) is 4.06. The molecule has 0 radical (unpaired) electrons. The van der Waals surface area contributed by atoms with Gasteiger partial charge in [0.25, 0.3) is 5.82 Å². The fourth-order valence-electron chi connectivity index (χ4n) is 2.72. The van der Waals surface area contributed by atoms with Crippen LogP contribution in [0.4, 0.5) is 5.69 Å². The van der Waals surface area contributed by atoms with Crippen molar-refractivity contribution in [3.05, 3.63) is 70.4 Å². The topological polar surface area (TPSA) is 91.7 Å². The van der Waals surface area contributed by atoms with Crippen LogP contribution in [0.25, 0.3) is 22.5 Å². The van der Waals surface area contributed by atoms with Gasteiger partial charge in [-0.15, -0.1) is 10.2 Å². The van der Waals surface area contributed by atoms with E-state index in [2.05, 4.69) is 15.4 Å². The third kappa shape index (κ3) is 2.59. The minimum Gasteiger partial charge on any atom is -0.258 e. The first kappa shape index (κ1) is 16.5. The van der Waals surface area contributed by atoms with Crippen molar-refractivity contribution in [2.45, 2.75) is 4.84 Å². The van der Waals surface area contributed by atoms with Gasteiger partial charge < -0.3 is 0 Å². The number of halogens is 2. The van der Waals surface area contributed by atoms with Gasteiger partial charge in [0, 0.05) is 0 Å². The fraction of sp³-hybridized carbons (Fsp3) is 0.0625. The molecule has 2 aromatic carbocycles. The van der Waals surface area contributed by atoms with Gasteiger partial charge in [-0.25, -0.2) is 4.68 Å². The summed E-state index contributed by atoms with van der Waals surface area (Å²) in [5, 5.41) is 24.2. The number of nitro groups is 1. The molecule has 0 saturated carbocycles. The van der Waals surface area contributed by atoms with Crippen LogP contribution in [0.3, 0.4) is 0 Å². The number of rotatable bonds is 4. The zero-order valence-corrected chi connectivity index (χ0v) is 14.5. The van der Waals surface area contributed by atoms with Crippen LogP contribution in [0.15, 0.2) is 54.6 Å². The van der Waals surface area contributed by atoms with Gasteiger partial charge in [0.1, 0.15) is 5.52 Å². The first-order valence-electron chi connectivity index (χ1n) is 7.49. The first-order chi connectivity index (χ1) is 12.6. The molecule has 0 spiro atoms. The molecule has 2 heterocycles. The Morgan fingerprint density at radius 3 is 2.38 bits per heavy atom. The highest BCUT2D eigenvalue weighted by molar-refractivity contribution is 6.44. The molecular formula is C16H10Cl2N6O2. The maximum atomic E-state index is 11.8. The van der Waals surface area contributed by atoms with E-state index in [-0.39, 0.29) is 17.2 Å². The molecule has 26 heavy (non-hydrogen) atoms. The second kappa shape index (κ2) is 6.40. The second-order valence-electron chi connectivity index (χ2n) is 5.35. The monoisotopic (exact) mass is 388 g/mol. The molecule has 0 aliphatic carbocycles. The number of alkyl halides is 2. The SMILES string of the molecule is O=[N+]([O-])c1c(-n2nnc3ccccc32)nn(-c2ccccc2)c1C(Cl)Cl. The molecule has 0 unspecified atom stereocenters. The summed E-state index contributed by atoms with van der Waals surface area (Å²) in [7, 11) is 0. The summed E-state index contributed by atoms with van der Waals surface area (Å²) in [6, 6.07) is 16.0. The van der Waals surface area contributed by atoms with E-state index in [1.165, 1.54) is 9.36 Å². The molecule has 0 atom stereocenters. The third-order valence-electron chi connectivity index (χ3n) is 3.82. The maximum Gasteiger partial charge on any atom is 0.339 e. The summed E-state index contributed by atoms with van der Waals surface area (Å²) in [6.07, 6.45) is 0. The first-order valence-corrected chi connectivity index (χ1v) is 8.37. The lowest BCUT2D eigenvalue weighted by molar-refractivity contribution is -0.385. The Morgan fingerprint density at radius 2 is 1.69 bits per heavy atom. The Morgan fingerprint density at radius 1 is 1.00 bits per heavy atom. The number of aromatic nitrogens is 5. The highest BCUT2D eigenvalue weighted by atomic mass is 35.5. The predicted molar refractivity (Wildman–Crippen MR) is 97.1 cm³/mol. The van der Waals surface area contributed by atoms with Crippen molar-refractivity contribution in [1.29, 1.82) is 0 Å². The van der Waals surface area contributed by atoms with E-state index >= 15 is 0 Å². The number of fused-ring (bicyclic) bond motifs is 1. The van der Waals surface area contributed by atoms with Crippen molar-refractivity contribution < 1.29 is 4.92 Å². The van der Waals surface area contributed by atoms with E-state index in [0.29, 0.717) is 16.7 Å². The average molecular weight is 389 g/mol. The summed E-state index contributed by atoms with van der Waals surface area (Å²) >= 11 is 12.1. The summed E-state index contributed by atoms with van der Waals surface area (Å²) < 4.78 is 2.67. The minimum absolute atomic E-state index is 0.00569. The molecule has 8 nitrogen and oxygen atoms in total. The lowest BCUT2D eigenvalue weighted by Crippen LogP contribution is -2.03. The Balaban J connectivity index is 2.05. The summed E-state index contributed by atoms with van der Waals surface area (Å²) in [5.41, 5.74) is 1.50. The summed E-state index contributed by atoms with van der Waals surface area (Å²) in [4.78, 5) is 10.1. The highest BCUT2D eigenvalue weighted by Crippen LogP contribution is 2.38. The van der Waals surface area contributed by atoms with Crippen LogP contribution >= 0.6 is 23.2 Å². The third-order valence-corrected chi connectivity index (χ3v) is 4.23. The van der Waals surface area contributed by atoms with Gasteiger partial charge >= 0.3 is 5.69 Å². The normalized spacial score (nSPS) is 11.3. The molecule has 130 valence electrons. The smallest absolute Gasteiger partial charge is 0.258 e. The van der Waals surface area contributed by atoms with Crippen LogP contribution in [0.2, 0.25) is 0 Å². The number of hydrogen-bond acceptors (Lipinski definition) is 5. The van der Waals surface area contributed by atoms with E-state index in [0.717, 1.165) is 0 Å². The standard InChI is InChI=1S/C16H10Cl2N6O2/c17-15(18)13-14(24(25)26)16(20-22(13)10-6-2-1-3-7-10)23-12-9-5-4-8-11(12)19-21-23/h1-9,15H. The largest absolute Gasteiger partial charge is 0.339 e. The minimum atomic E-state index is -1.16. The number of para-hydroxylation sites is 2. The van der Waals surface area contributed by atoms with Gasteiger partial charge in [0.2, 0.25) is 0 Å². The Bertz CT molecular complexity index is 1110. The predicted octanol–water partition coefficient (Wildman–Crippen LogP) is 3.99. The van der Waals surface area contributed by atoms with Crippen molar-refractivity contribution in [2.75, 3.05) is 0 Å². The number of benzene rings is 2. The maximum absolute atomic E-state index is 11.8. The van der Waals surface area contributed by atoms with Crippen molar-refractivity contribution in [3.63, 3.8) is 0 Å². The van der Waals surface area contributed by atoms with Crippen LogP contribution in [0.5, 0.6) is 0 Å². The molecule has 0 saturated heterocycles. The molecule has 4 rings (SSSR count). The van der Waals surface area contributed by atoms with E-state index in [1.54, 1.807) is 48.5 Å². The fourth-order valence-corrected chi connectivity index (χ4v) is 3.11. The second-order valence-corrected chi connectivity index (χ2v) is 6.45. The molecule has 10 heteroatoms. The summed E-state index contributed by atoms with van der Waals surface area (Å²) in [5.74, 6) is -0.00569. The number of hydrogen-bond donors (Lipinski definition) is 0. The Labute approximate surface area is 156 Å². The molecular weight excluding hydrogens is 379 g/mol. The average Bonchev–Trinajstić information content (AvgIpc) is 3.24. The van der Waals surface area contributed by atoms with Gasteiger partial charge in [-0.2, -0.15) is 4.68 Å². The molecule has 0 N–H and O–H groups in total. The van der Waals surface area contributed by atoms with Gasteiger partial charge in [0.15, 0.2) is 10.5 Å². The number of nitrogens with zero attached hydrogens (tertiary/aromatic N) is 6. The zero-order chi connectivity index (χ0) is 18.3. The van der Waals surface area contributed by atoms with Crippen LogP contribution in [0, 0.1) is 10.1 Å².